The first kappa shape index (κ1) is 9.17. The summed E-state index contributed by atoms with van der Waals surface area (Å²) in [5.41, 5.74) is 2.57. The van der Waals surface area contributed by atoms with Gasteiger partial charge in [-0.25, -0.2) is 0 Å². The second-order valence-corrected chi connectivity index (χ2v) is 2.32. The van der Waals surface area contributed by atoms with E-state index in [-0.39, 0.29) is 0 Å². The van der Waals surface area contributed by atoms with E-state index >= 15 is 0 Å². The van der Waals surface area contributed by atoms with E-state index in [9.17, 15) is 0 Å². The van der Waals surface area contributed by atoms with Crippen molar-refractivity contribution in [1.29, 1.82) is 0 Å². The lowest BCUT2D eigenvalue weighted by Crippen LogP contribution is -2.33. The molecule has 3 N–H and O–H groups in total. The highest BCUT2D eigenvalue weighted by molar-refractivity contribution is 6.18. The van der Waals surface area contributed by atoms with Crippen LogP contribution in [0.5, 0.6) is 0 Å². The number of halogens is 1. The molecule has 0 unspecified atom stereocenters. The molecule has 0 atom stereocenters. The van der Waals surface area contributed by atoms with Crippen molar-refractivity contribution < 1.29 is 0 Å². The summed E-state index contributed by atoms with van der Waals surface area (Å²) in [6.45, 7) is 2.68. The Morgan fingerprint density at radius 2 is 2.22 bits per heavy atom. The van der Waals surface area contributed by atoms with Crippen LogP contribution in [0.2, 0.25) is 0 Å². The smallest absolute Gasteiger partial charge is 0.0351 e. The highest BCUT2D eigenvalue weighted by atomic mass is 35.5. The van der Waals surface area contributed by atoms with Gasteiger partial charge in [-0.15, -0.1) is 11.6 Å². The van der Waals surface area contributed by atoms with Gasteiger partial charge in [-0.2, -0.15) is 0 Å². The van der Waals surface area contributed by atoms with Crippen molar-refractivity contribution in [2.24, 2.45) is 5.84 Å². The SMILES string of the molecule is CN(CCCl)CCNN. The Hall–Kier alpha value is 0.170. The molecule has 0 saturated carbocycles. The summed E-state index contributed by atoms with van der Waals surface area (Å²) in [5, 5.41) is 0. The molecule has 3 nitrogen and oxygen atoms in total. The Labute approximate surface area is 61.1 Å². The molecule has 0 heterocycles. The van der Waals surface area contributed by atoms with E-state index in [1.807, 2.05) is 7.05 Å². The van der Waals surface area contributed by atoms with E-state index in [1.54, 1.807) is 0 Å². The van der Waals surface area contributed by atoms with Gasteiger partial charge in [0.1, 0.15) is 0 Å². The third-order valence-corrected chi connectivity index (χ3v) is 1.27. The number of nitrogens with two attached hydrogens (primary N) is 1. The molecule has 0 bridgehead atoms. The summed E-state index contributed by atoms with van der Waals surface area (Å²) in [5.74, 6) is 5.74. The number of rotatable bonds is 5. The van der Waals surface area contributed by atoms with E-state index in [2.05, 4.69) is 10.3 Å². The number of hydrogen-bond acceptors (Lipinski definition) is 3. The Morgan fingerprint density at radius 3 is 2.67 bits per heavy atom. The summed E-state index contributed by atoms with van der Waals surface area (Å²) in [6, 6.07) is 0. The van der Waals surface area contributed by atoms with Crippen molar-refractivity contribution in [1.82, 2.24) is 10.3 Å². The second-order valence-electron chi connectivity index (χ2n) is 1.95. The zero-order chi connectivity index (χ0) is 7.11. The number of alkyl halides is 1. The minimum absolute atomic E-state index is 0.682. The van der Waals surface area contributed by atoms with E-state index in [4.69, 9.17) is 17.4 Å². The van der Waals surface area contributed by atoms with Crippen molar-refractivity contribution in [3.05, 3.63) is 0 Å². The summed E-state index contributed by atoms with van der Waals surface area (Å²) in [7, 11) is 2.01. The number of hydrazine groups is 1. The third-order valence-electron chi connectivity index (χ3n) is 1.10. The third kappa shape index (κ3) is 6.05. The van der Waals surface area contributed by atoms with Gasteiger partial charge in [0.25, 0.3) is 0 Å². The molecule has 0 amide bonds. The lowest BCUT2D eigenvalue weighted by molar-refractivity contribution is 0.352. The molecular weight excluding hydrogens is 138 g/mol. The van der Waals surface area contributed by atoms with Crippen LogP contribution in [0, 0.1) is 0 Å². The average molecular weight is 152 g/mol. The van der Waals surface area contributed by atoms with Crippen molar-refractivity contribution in [2.75, 3.05) is 32.6 Å². The Bertz CT molecular complexity index is 60.2. The van der Waals surface area contributed by atoms with Crippen LogP contribution in [-0.2, 0) is 0 Å². The molecule has 0 saturated heterocycles. The maximum Gasteiger partial charge on any atom is 0.0351 e. The van der Waals surface area contributed by atoms with Crippen LogP contribution in [0.25, 0.3) is 0 Å². The molecular formula is C5H14ClN3. The van der Waals surface area contributed by atoms with Crippen LogP contribution >= 0.6 is 11.6 Å². The van der Waals surface area contributed by atoms with Gasteiger partial charge < -0.3 is 4.90 Å². The summed E-state index contributed by atoms with van der Waals surface area (Å²) in [6.07, 6.45) is 0. The van der Waals surface area contributed by atoms with Crippen molar-refractivity contribution in [2.45, 2.75) is 0 Å². The van der Waals surface area contributed by atoms with Crippen LogP contribution in [0.3, 0.4) is 0 Å². The monoisotopic (exact) mass is 151 g/mol. The minimum atomic E-state index is 0.682. The maximum absolute atomic E-state index is 5.48. The largest absolute Gasteiger partial charge is 0.304 e. The highest BCUT2D eigenvalue weighted by Gasteiger charge is 1.93. The maximum atomic E-state index is 5.48. The normalized spacial score (nSPS) is 10.7. The molecule has 9 heavy (non-hydrogen) atoms. The fraction of sp³-hybridized carbons (Fsp3) is 1.00. The van der Waals surface area contributed by atoms with Gasteiger partial charge in [0.15, 0.2) is 0 Å². The van der Waals surface area contributed by atoms with Crippen LogP contribution in [0.1, 0.15) is 0 Å². The minimum Gasteiger partial charge on any atom is -0.304 e. The molecule has 0 aromatic heterocycles. The molecule has 0 aliphatic heterocycles. The summed E-state index contributed by atoms with van der Waals surface area (Å²) in [4.78, 5) is 2.12. The molecule has 0 fully saturated rings. The van der Waals surface area contributed by atoms with Gasteiger partial charge in [-0.05, 0) is 7.05 Å². The number of nitrogens with one attached hydrogen (secondary N) is 1. The predicted molar refractivity (Wildman–Crippen MR) is 40.4 cm³/mol. The molecule has 0 aromatic carbocycles. The molecule has 0 aromatic rings. The zero-order valence-corrected chi connectivity index (χ0v) is 6.49. The van der Waals surface area contributed by atoms with Crippen molar-refractivity contribution in [3.8, 4) is 0 Å². The van der Waals surface area contributed by atoms with Gasteiger partial charge in [0.2, 0.25) is 0 Å². The first-order chi connectivity index (χ1) is 4.31. The second kappa shape index (κ2) is 6.29. The highest BCUT2D eigenvalue weighted by Crippen LogP contribution is 1.81. The number of hydrogen-bond donors (Lipinski definition) is 2. The Morgan fingerprint density at radius 1 is 1.56 bits per heavy atom. The average Bonchev–Trinajstić information content (AvgIpc) is 1.85. The summed E-state index contributed by atoms with van der Waals surface area (Å²) >= 11 is 5.48. The first-order valence-corrected chi connectivity index (χ1v) is 3.52. The van der Waals surface area contributed by atoms with Gasteiger partial charge in [0, 0.05) is 25.5 Å². The van der Waals surface area contributed by atoms with Gasteiger partial charge >= 0.3 is 0 Å². The zero-order valence-electron chi connectivity index (χ0n) is 5.73. The van der Waals surface area contributed by atoms with Crippen LogP contribution in [0.4, 0.5) is 0 Å². The lowest BCUT2D eigenvalue weighted by Gasteiger charge is -2.13. The fourth-order valence-electron chi connectivity index (χ4n) is 0.511. The van der Waals surface area contributed by atoms with Crippen LogP contribution in [0.15, 0.2) is 0 Å². The molecule has 0 aliphatic rings. The topological polar surface area (TPSA) is 41.3 Å². The Balaban J connectivity index is 2.95. The number of likely N-dealkylation sites (N-methyl/N-ethyl adjacent to an activating group) is 1. The fourth-order valence-corrected chi connectivity index (χ4v) is 0.800. The van der Waals surface area contributed by atoms with Crippen molar-refractivity contribution >= 4 is 11.6 Å². The molecule has 4 heteroatoms. The molecule has 0 spiro atoms. The Kier molecular flexibility index (Phi) is 6.41. The van der Waals surface area contributed by atoms with Crippen LogP contribution in [-0.4, -0.2) is 37.5 Å². The molecule has 0 radical (unpaired) electrons. The first-order valence-electron chi connectivity index (χ1n) is 2.99. The summed E-state index contributed by atoms with van der Waals surface area (Å²) < 4.78 is 0. The predicted octanol–water partition coefficient (Wildman–Crippen LogP) is -0.380. The van der Waals surface area contributed by atoms with Crippen molar-refractivity contribution in [3.63, 3.8) is 0 Å². The number of nitrogens with zero attached hydrogens (tertiary/aromatic N) is 1. The van der Waals surface area contributed by atoms with E-state index in [0.29, 0.717) is 5.88 Å². The van der Waals surface area contributed by atoms with Crippen LogP contribution < -0.4 is 11.3 Å². The molecule has 56 valence electrons. The standard InChI is InChI=1S/C5H14ClN3/c1-9(4-2-6)5-3-8-7/h8H,2-5,7H2,1H3. The molecule has 0 aliphatic carbocycles. The quantitative estimate of drug-likeness (QED) is 0.320. The van der Waals surface area contributed by atoms with Gasteiger partial charge in [-0.3, -0.25) is 11.3 Å². The molecule has 0 rings (SSSR count). The van der Waals surface area contributed by atoms with E-state index in [0.717, 1.165) is 19.6 Å². The van der Waals surface area contributed by atoms with E-state index in [1.165, 1.54) is 0 Å². The lowest BCUT2D eigenvalue weighted by atomic mass is 10.5. The van der Waals surface area contributed by atoms with Gasteiger partial charge in [-0.1, -0.05) is 0 Å². The van der Waals surface area contributed by atoms with E-state index < -0.39 is 0 Å². The van der Waals surface area contributed by atoms with Gasteiger partial charge in [0.05, 0.1) is 0 Å².